The number of nitro benzene ring substituents is 1. The standard InChI is InChI=1S/C26H21N3O7/c1-35-18-8-9-20-19(13-18)16(14-27-20)10-11-28-23(15-4-6-17(7-5-15)29(33)34)22(25(31)26(28)32)24(30)21-3-2-12-36-21/h2-9,12-14,23,27,31H,10-11H2,1H3/t23-/m0/s1. The second-order valence-corrected chi connectivity index (χ2v) is 8.29. The zero-order valence-corrected chi connectivity index (χ0v) is 19.1. The van der Waals surface area contributed by atoms with Crippen molar-refractivity contribution < 1.29 is 28.8 Å². The average molecular weight is 487 g/mol. The second kappa shape index (κ2) is 9.06. The Morgan fingerprint density at radius 1 is 1.22 bits per heavy atom. The van der Waals surface area contributed by atoms with Crippen LogP contribution < -0.4 is 4.74 Å². The van der Waals surface area contributed by atoms with Gasteiger partial charge in [0.15, 0.2) is 11.5 Å². The molecular formula is C26H21N3O7. The number of Topliss-reactive ketones (excluding diaryl/α,β-unsaturated/α-hetero) is 1. The van der Waals surface area contributed by atoms with Gasteiger partial charge in [0.05, 0.1) is 29.9 Å². The highest BCUT2D eigenvalue weighted by Crippen LogP contribution is 2.39. The van der Waals surface area contributed by atoms with Crippen molar-refractivity contribution in [3.63, 3.8) is 0 Å². The van der Waals surface area contributed by atoms with Crippen LogP contribution in [0, 0.1) is 10.1 Å². The number of hydrogen-bond acceptors (Lipinski definition) is 7. The summed E-state index contributed by atoms with van der Waals surface area (Å²) < 4.78 is 10.5. The molecule has 0 radical (unpaired) electrons. The monoisotopic (exact) mass is 487 g/mol. The fraction of sp³-hybridized carbons (Fsp3) is 0.154. The summed E-state index contributed by atoms with van der Waals surface area (Å²) in [4.78, 5) is 41.6. The van der Waals surface area contributed by atoms with Crippen LogP contribution in [0.5, 0.6) is 5.75 Å². The van der Waals surface area contributed by atoms with E-state index in [9.17, 15) is 24.8 Å². The molecule has 1 amide bonds. The van der Waals surface area contributed by atoms with E-state index in [0.29, 0.717) is 17.7 Å². The number of aliphatic hydroxyl groups excluding tert-OH is 1. The van der Waals surface area contributed by atoms with E-state index in [0.717, 1.165) is 16.5 Å². The fourth-order valence-corrected chi connectivity index (χ4v) is 4.51. The van der Waals surface area contributed by atoms with E-state index in [4.69, 9.17) is 9.15 Å². The van der Waals surface area contributed by atoms with Crippen molar-refractivity contribution in [2.24, 2.45) is 0 Å². The number of carbonyl (C=O) groups excluding carboxylic acids is 2. The molecule has 182 valence electrons. The summed E-state index contributed by atoms with van der Waals surface area (Å²) in [7, 11) is 1.58. The molecule has 36 heavy (non-hydrogen) atoms. The summed E-state index contributed by atoms with van der Waals surface area (Å²) in [5.74, 6) is -1.34. The fourth-order valence-electron chi connectivity index (χ4n) is 4.51. The summed E-state index contributed by atoms with van der Waals surface area (Å²) in [6.07, 6.45) is 3.58. The molecule has 1 atom stereocenters. The number of aromatic nitrogens is 1. The molecule has 1 aliphatic heterocycles. The van der Waals surface area contributed by atoms with E-state index < -0.39 is 28.4 Å². The normalized spacial score (nSPS) is 15.6. The van der Waals surface area contributed by atoms with Gasteiger partial charge >= 0.3 is 0 Å². The molecule has 4 aromatic rings. The number of aromatic amines is 1. The van der Waals surface area contributed by atoms with Crippen molar-refractivity contribution in [2.75, 3.05) is 13.7 Å². The number of benzene rings is 2. The molecule has 0 saturated carbocycles. The Hall–Kier alpha value is -4.86. The molecule has 0 fully saturated rings. The molecule has 2 N–H and O–H groups in total. The van der Waals surface area contributed by atoms with E-state index in [1.807, 2.05) is 24.4 Å². The molecule has 10 heteroatoms. The third kappa shape index (κ3) is 3.88. The largest absolute Gasteiger partial charge is 0.503 e. The lowest BCUT2D eigenvalue weighted by Crippen LogP contribution is -2.33. The number of methoxy groups -OCH3 is 1. The van der Waals surface area contributed by atoms with Crippen LogP contribution in [-0.2, 0) is 11.2 Å². The first-order valence-electron chi connectivity index (χ1n) is 11.1. The van der Waals surface area contributed by atoms with Crippen LogP contribution in [0.15, 0.2) is 82.8 Å². The van der Waals surface area contributed by atoms with Crippen LogP contribution in [-0.4, -0.2) is 45.3 Å². The Morgan fingerprint density at radius 3 is 2.67 bits per heavy atom. The number of aliphatic hydroxyl groups is 1. The number of nitrogens with zero attached hydrogens (tertiary/aromatic N) is 2. The molecule has 0 bridgehead atoms. The van der Waals surface area contributed by atoms with Crippen LogP contribution in [0.3, 0.4) is 0 Å². The summed E-state index contributed by atoms with van der Waals surface area (Å²) in [6, 6.07) is 13.2. The highest BCUT2D eigenvalue weighted by atomic mass is 16.6. The minimum Gasteiger partial charge on any atom is -0.503 e. The number of carbonyl (C=O) groups is 2. The first-order chi connectivity index (χ1) is 17.4. The molecule has 0 aliphatic carbocycles. The van der Waals surface area contributed by atoms with Gasteiger partial charge < -0.3 is 24.1 Å². The molecule has 5 rings (SSSR count). The molecule has 0 spiro atoms. The lowest BCUT2D eigenvalue weighted by atomic mass is 9.94. The number of ketones is 1. The van der Waals surface area contributed by atoms with Gasteiger partial charge in [-0.05, 0) is 60.0 Å². The van der Waals surface area contributed by atoms with Gasteiger partial charge in [0, 0.05) is 35.8 Å². The average Bonchev–Trinajstić information content (AvgIpc) is 3.62. The van der Waals surface area contributed by atoms with Crippen LogP contribution in [0.25, 0.3) is 10.9 Å². The van der Waals surface area contributed by atoms with Gasteiger partial charge in [-0.1, -0.05) is 0 Å². The molecule has 0 saturated heterocycles. The molecule has 0 unspecified atom stereocenters. The molecule has 1 aliphatic rings. The van der Waals surface area contributed by atoms with Gasteiger partial charge in [-0.25, -0.2) is 0 Å². The number of nitro groups is 1. The summed E-state index contributed by atoms with van der Waals surface area (Å²) >= 11 is 0. The minimum atomic E-state index is -0.948. The van der Waals surface area contributed by atoms with Crippen molar-refractivity contribution in [3.05, 3.63) is 105 Å². The first kappa shape index (κ1) is 22.9. The Balaban J connectivity index is 1.51. The predicted molar refractivity (Wildman–Crippen MR) is 129 cm³/mol. The Bertz CT molecular complexity index is 1500. The van der Waals surface area contributed by atoms with E-state index in [-0.39, 0.29) is 23.6 Å². The van der Waals surface area contributed by atoms with Crippen LogP contribution in [0.1, 0.15) is 27.7 Å². The molecular weight excluding hydrogens is 466 g/mol. The number of rotatable bonds is 8. The SMILES string of the molecule is COc1ccc2[nH]cc(CCN3C(=O)C(O)=C(C(=O)c4ccco4)[C@@H]3c3ccc([N+](=O)[O-])cc3)c2c1. The topological polar surface area (TPSA) is 139 Å². The third-order valence-corrected chi connectivity index (χ3v) is 6.31. The highest BCUT2D eigenvalue weighted by Gasteiger charge is 2.44. The maximum absolute atomic E-state index is 13.2. The molecule has 10 nitrogen and oxygen atoms in total. The van der Waals surface area contributed by atoms with Gasteiger partial charge in [0.2, 0.25) is 5.78 Å². The smallest absolute Gasteiger partial charge is 0.290 e. The number of non-ortho nitro benzene ring substituents is 1. The summed E-state index contributed by atoms with van der Waals surface area (Å²) in [5, 5.41) is 22.8. The van der Waals surface area contributed by atoms with Crippen molar-refractivity contribution in [1.82, 2.24) is 9.88 Å². The summed E-state index contributed by atoms with van der Waals surface area (Å²) in [5.41, 5.74) is 2.01. The van der Waals surface area contributed by atoms with Gasteiger partial charge in [-0.15, -0.1) is 0 Å². The number of furan rings is 1. The lowest BCUT2D eigenvalue weighted by Gasteiger charge is -2.26. The zero-order chi connectivity index (χ0) is 25.4. The van der Waals surface area contributed by atoms with Gasteiger partial charge in [0.25, 0.3) is 11.6 Å². The number of H-pyrrole nitrogens is 1. The highest BCUT2D eigenvalue weighted by molar-refractivity contribution is 6.15. The van der Waals surface area contributed by atoms with Crippen LogP contribution in [0.2, 0.25) is 0 Å². The number of amides is 1. The van der Waals surface area contributed by atoms with Crippen molar-refractivity contribution >= 4 is 28.3 Å². The van der Waals surface area contributed by atoms with E-state index in [2.05, 4.69) is 4.98 Å². The zero-order valence-electron chi connectivity index (χ0n) is 19.1. The van der Waals surface area contributed by atoms with Crippen LogP contribution >= 0.6 is 0 Å². The maximum atomic E-state index is 13.2. The number of fused-ring (bicyclic) bond motifs is 1. The van der Waals surface area contributed by atoms with Gasteiger partial charge in [-0.3, -0.25) is 19.7 Å². The summed E-state index contributed by atoms with van der Waals surface area (Å²) in [6.45, 7) is 0.170. The Labute approximate surface area is 204 Å². The van der Waals surface area contributed by atoms with E-state index >= 15 is 0 Å². The molecule has 2 aromatic carbocycles. The lowest BCUT2D eigenvalue weighted by molar-refractivity contribution is -0.384. The van der Waals surface area contributed by atoms with Crippen molar-refractivity contribution in [2.45, 2.75) is 12.5 Å². The molecule has 3 heterocycles. The van der Waals surface area contributed by atoms with E-state index in [1.54, 1.807) is 7.11 Å². The van der Waals surface area contributed by atoms with Gasteiger partial charge in [-0.2, -0.15) is 0 Å². The first-order valence-corrected chi connectivity index (χ1v) is 11.1. The predicted octanol–water partition coefficient (Wildman–Crippen LogP) is 4.50. The third-order valence-electron chi connectivity index (χ3n) is 6.31. The number of hydrogen-bond donors (Lipinski definition) is 2. The maximum Gasteiger partial charge on any atom is 0.290 e. The minimum absolute atomic E-state index is 0.0261. The second-order valence-electron chi connectivity index (χ2n) is 8.29. The van der Waals surface area contributed by atoms with Crippen LogP contribution in [0.4, 0.5) is 5.69 Å². The van der Waals surface area contributed by atoms with Gasteiger partial charge in [0.1, 0.15) is 5.75 Å². The van der Waals surface area contributed by atoms with E-state index in [1.165, 1.54) is 47.6 Å². The number of ether oxygens (including phenoxy) is 1. The van der Waals surface area contributed by atoms with Crippen molar-refractivity contribution in [1.29, 1.82) is 0 Å². The molecule has 2 aromatic heterocycles. The number of nitrogens with one attached hydrogen (secondary N) is 1. The van der Waals surface area contributed by atoms with Crippen molar-refractivity contribution in [3.8, 4) is 5.75 Å². The quantitative estimate of drug-likeness (QED) is 0.212. The Kier molecular flexibility index (Phi) is 5.77. The Morgan fingerprint density at radius 2 is 2.00 bits per heavy atom.